The normalized spacial score (nSPS) is 20.6. The number of nitrogens with zero attached hydrogens (tertiary/aromatic N) is 5. The number of aromatic nitrogens is 4. The average Bonchev–Trinajstić information content (AvgIpc) is 3.31. The van der Waals surface area contributed by atoms with Crippen LogP contribution in [0.1, 0.15) is 54.1 Å². The van der Waals surface area contributed by atoms with Crippen LogP contribution in [0.15, 0.2) is 53.2 Å². The molecule has 3 aliphatic heterocycles. The highest BCUT2D eigenvalue weighted by Gasteiger charge is 2.37. The predicted molar refractivity (Wildman–Crippen MR) is 137 cm³/mol. The molecule has 0 spiro atoms. The van der Waals surface area contributed by atoms with Crippen molar-refractivity contribution in [1.29, 1.82) is 0 Å². The molecule has 2 aromatic heterocycles. The Morgan fingerprint density at radius 1 is 0.973 bits per heavy atom. The third-order valence-electron chi connectivity index (χ3n) is 7.70. The molecule has 37 heavy (non-hydrogen) atoms. The highest BCUT2D eigenvalue weighted by molar-refractivity contribution is 5.95. The molecule has 0 bridgehead atoms. The summed E-state index contributed by atoms with van der Waals surface area (Å²) < 4.78 is 13.3. The number of ether oxygens (including phenoxy) is 1. The third-order valence-corrected chi connectivity index (χ3v) is 7.70. The number of fused-ring (bicyclic) bond motifs is 1. The smallest absolute Gasteiger partial charge is 0.257 e. The molecule has 1 atom stereocenters. The average molecular weight is 499 g/mol. The van der Waals surface area contributed by atoms with E-state index in [1.165, 1.54) is 0 Å². The zero-order chi connectivity index (χ0) is 24.8. The van der Waals surface area contributed by atoms with Crippen molar-refractivity contribution in [1.82, 2.24) is 30.0 Å². The van der Waals surface area contributed by atoms with Gasteiger partial charge in [-0.2, -0.15) is 5.10 Å². The van der Waals surface area contributed by atoms with Crippen molar-refractivity contribution < 1.29 is 13.9 Å². The van der Waals surface area contributed by atoms with E-state index >= 15 is 0 Å². The lowest BCUT2D eigenvalue weighted by atomic mass is 10.1. The standard InChI is InChI=1S/C28H30N6O3/c35-27(33-13-9-21(17-33)31-20-10-14-36-15-11-20)22-16-30-34(26(22)19-4-5-19)28-29-12-8-23(32-28)25-7-6-18-2-1-3-24(18)37-25/h1-3,6-8,12,16,19-21,31H,4-5,9-11,13-15,17H2/t21-/m1/s1. The third kappa shape index (κ3) is 4.42. The second-order valence-corrected chi connectivity index (χ2v) is 10.3. The predicted octanol–water partition coefficient (Wildman–Crippen LogP) is 3.89. The Morgan fingerprint density at radius 2 is 1.86 bits per heavy atom. The van der Waals surface area contributed by atoms with E-state index in [0.717, 1.165) is 75.4 Å². The highest BCUT2D eigenvalue weighted by atomic mass is 16.5. The zero-order valence-corrected chi connectivity index (χ0v) is 20.7. The summed E-state index contributed by atoms with van der Waals surface area (Å²) in [6.45, 7) is 3.11. The number of carbonyl (C=O) groups excluding carboxylic acids is 1. The molecule has 5 heterocycles. The van der Waals surface area contributed by atoms with Gasteiger partial charge in [0, 0.05) is 56.1 Å². The molecule has 3 fully saturated rings. The fraction of sp³-hybridized carbons (Fsp3) is 0.429. The number of rotatable bonds is 6. The van der Waals surface area contributed by atoms with Crippen molar-refractivity contribution in [3.63, 3.8) is 0 Å². The van der Waals surface area contributed by atoms with Crippen LogP contribution < -0.4 is 5.32 Å². The quantitative estimate of drug-likeness (QED) is 0.431. The van der Waals surface area contributed by atoms with Gasteiger partial charge in [-0.05, 0) is 56.4 Å². The first-order valence-corrected chi connectivity index (χ1v) is 13.3. The molecular formula is C28H30N6O3. The van der Waals surface area contributed by atoms with Crippen LogP contribution >= 0.6 is 0 Å². The molecule has 9 nitrogen and oxygen atoms in total. The summed E-state index contributed by atoms with van der Waals surface area (Å²) in [7, 11) is 0. The lowest BCUT2D eigenvalue weighted by Gasteiger charge is -2.26. The summed E-state index contributed by atoms with van der Waals surface area (Å²) in [6.07, 6.45) is 8.55. The summed E-state index contributed by atoms with van der Waals surface area (Å²) in [5.74, 6) is 2.30. The van der Waals surface area contributed by atoms with E-state index in [9.17, 15) is 4.79 Å². The minimum atomic E-state index is 0.0530. The van der Waals surface area contributed by atoms with E-state index in [2.05, 4.69) is 15.4 Å². The fourth-order valence-corrected chi connectivity index (χ4v) is 5.57. The van der Waals surface area contributed by atoms with Crippen molar-refractivity contribution >= 4 is 5.91 Å². The number of carbonyl (C=O) groups is 1. The Hall–Kier alpha value is -3.56. The van der Waals surface area contributed by atoms with Gasteiger partial charge < -0.3 is 19.4 Å². The zero-order valence-electron chi connectivity index (χ0n) is 20.7. The number of hydrogen-bond donors (Lipinski definition) is 1. The van der Waals surface area contributed by atoms with E-state index in [0.29, 0.717) is 41.0 Å². The largest absolute Gasteiger partial charge is 0.454 e. The van der Waals surface area contributed by atoms with Gasteiger partial charge in [0.15, 0.2) is 5.76 Å². The number of hydrogen-bond acceptors (Lipinski definition) is 7. The maximum Gasteiger partial charge on any atom is 0.257 e. The van der Waals surface area contributed by atoms with Crippen LogP contribution in [-0.4, -0.2) is 68.9 Å². The fourth-order valence-electron chi connectivity index (χ4n) is 5.57. The first-order chi connectivity index (χ1) is 18.2. The lowest BCUT2D eigenvalue weighted by molar-refractivity contribution is 0.0728. The van der Waals surface area contributed by atoms with Gasteiger partial charge >= 0.3 is 0 Å². The Bertz CT molecular complexity index is 1390. The first kappa shape index (κ1) is 22.6. The van der Waals surface area contributed by atoms with Crippen LogP contribution in [0.4, 0.5) is 0 Å². The summed E-state index contributed by atoms with van der Waals surface area (Å²) in [5.41, 5.74) is 3.33. The molecule has 5 aliphatic rings. The Morgan fingerprint density at radius 3 is 2.73 bits per heavy atom. The molecular weight excluding hydrogens is 468 g/mol. The summed E-state index contributed by atoms with van der Waals surface area (Å²) >= 11 is 0. The van der Waals surface area contributed by atoms with Crippen molar-refractivity contribution in [2.45, 2.75) is 50.1 Å². The SMILES string of the molecule is O=C(c1cnn(-c2nccc(-c3ccc4cccc-4o3)n2)c1C1CC1)N1CC[C@@H](NC2CCOCC2)C1. The number of likely N-dealkylation sites (tertiary alicyclic amines) is 1. The molecule has 9 heteroatoms. The summed E-state index contributed by atoms with van der Waals surface area (Å²) in [4.78, 5) is 24.9. The lowest BCUT2D eigenvalue weighted by Crippen LogP contribution is -2.43. The minimum absolute atomic E-state index is 0.0530. The van der Waals surface area contributed by atoms with Crippen LogP contribution in [0.3, 0.4) is 0 Å². The molecule has 1 saturated carbocycles. The number of nitrogens with one attached hydrogen (secondary N) is 1. The molecule has 0 unspecified atom stereocenters. The van der Waals surface area contributed by atoms with Gasteiger partial charge in [-0.15, -0.1) is 0 Å². The van der Waals surface area contributed by atoms with Gasteiger partial charge in [0.1, 0.15) is 11.5 Å². The van der Waals surface area contributed by atoms with Crippen LogP contribution in [0, 0.1) is 0 Å². The Kier molecular flexibility index (Phi) is 5.74. The van der Waals surface area contributed by atoms with Gasteiger partial charge in [0.05, 0.1) is 17.5 Å². The molecule has 2 saturated heterocycles. The minimum Gasteiger partial charge on any atom is -0.454 e. The van der Waals surface area contributed by atoms with E-state index < -0.39 is 0 Å². The molecule has 2 aliphatic carbocycles. The van der Waals surface area contributed by atoms with Crippen LogP contribution in [0.25, 0.3) is 28.7 Å². The molecule has 2 aromatic rings. The van der Waals surface area contributed by atoms with E-state index in [1.54, 1.807) is 17.1 Å². The molecule has 7 rings (SSSR count). The topological polar surface area (TPSA) is 98.3 Å². The van der Waals surface area contributed by atoms with Crippen LogP contribution in [0.5, 0.6) is 0 Å². The molecule has 1 amide bonds. The Labute approximate surface area is 215 Å². The van der Waals surface area contributed by atoms with E-state index in [4.69, 9.17) is 14.1 Å². The molecule has 0 radical (unpaired) electrons. The Balaban J connectivity index is 1.13. The molecule has 0 aromatic carbocycles. The maximum absolute atomic E-state index is 13.6. The first-order valence-electron chi connectivity index (χ1n) is 13.3. The molecule has 1 N–H and O–H groups in total. The second kappa shape index (κ2) is 9.39. The highest BCUT2D eigenvalue weighted by Crippen LogP contribution is 2.42. The van der Waals surface area contributed by atoms with Crippen LogP contribution in [0.2, 0.25) is 0 Å². The van der Waals surface area contributed by atoms with Crippen molar-refractivity contribution in [2.75, 3.05) is 26.3 Å². The van der Waals surface area contributed by atoms with Gasteiger partial charge in [-0.25, -0.2) is 14.6 Å². The van der Waals surface area contributed by atoms with Crippen molar-refractivity contribution in [3.8, 4) is 28.7 Å². The van der Waals surface area contributed by atoms with Crippen molar-refractivity contribution in [3.05, 3.63) is 60.0 Å². The van der Waals surface area contributed by atoms with Gasteiger partial charge in [0.25, 0.3) is 11.9 Å². The van der Waals surface area contributed by atoms with Crippen molar-refractivity contribution in [2.24, 2.45) is 0 Å². The second-order valence-electron chi connectivity index (χ2n) is 10.3. The van der Waals surface area contributed by atoms with Gasteiger partial charge in [-0.3, -0.25) is 4.79 Å². The van der Waals surface area contributed by atoms with Gasteiger partial charge in [-0.1, -0.05) is 12.1 Å². The van der Waals surface area contributed by atoms with E-state index in [1.807, 2.05) is 41.3 Å². The van der Waals surface area contributed by atoms with Crippen LogP contribution in [-0.2, 0) is 4.74 Å². The maximum atomic E-state index is 13.6. The summed E-state index contributed by atoms with van der Waals surface area (Å²) in [6, 6.07) is 12.5. The summed E-state index contributed by atoms with van der Waals surface area (Å²) in [5, 5.41) is 8.36. The monoisotopic (exact) mass is 498 g/mol. The van der Waals surface area contributed by atoms with Gasteiger partial charge in [0.2, 0.25) is 0 Å². The molecule has 190 valence electrons. The van der Waals surface area contributed by atoms with E-state index in [-0.39, 0.29) is 5.91 Å². The number of amides is 1.